The van der Waals surface area contributed by atoms with Gasteiger partial charge in [-0.05, 0) is 44.0 Å². The summed E-state index contributed by atoms with van der Waals surface area (Å²) in [5.41, 5.74) is 1.11. The van der Waals surface area contributed by atoms with Gasteiger partial charge in [-0.3, -0.25) is 9.69 Å². The minimum atomic E-state index is -4.77. The molecule has 0 radical (unpaired) electrons. The van der Waals surface area contributed by atoms with Gasteiger partial charge in [-0.25, -0.2) is 4.98 Å². The Morgan fingerprint density at radius 1 is 1.44 bits per heavy atom. The third-order valence-electron chi connectivity index (χ3n) is 5.33. The molecule has 2 aromatic rings. The number of likely N-dealkylation sites (tertiary alicyclic amines) is 1. The molecule has 1 aliphatic heterocycles. The molecule has 0 bridgehead atoms. The Kier molecular flexibility index (Phi) is 5.51. The number of halogens is 3. The molecule has 2 atom stereocenters. The summed E-state index contributed by atoms with van der Waals surface area (Å²) >= 11 is 0. The highest BCUT2D eigenvalue weighted by atomic mass is 19.4. The van der Waals surface area contributed by atoms with Crippen LogP contribution in [0.2, 0.25) is 5.82 Å². The summed E-state index contributed by atoms with van der Waals surface area (Å²) in [6.45, 7) is 5.70. The fraction of sp³-hybridized carbons (Fsp3) is 0.556. The van der Waals surface area contributed by atoms with Crippen LogP contribution in [0.1, 0.15) is 35.9 Å². The zero-order chi connectivity index (χ0) is 19.8. The Hall–Kier alpha value is -2.03. The van der Waals surface area contributed by atoms with Gasteiger partial charge in [0.2, 0.25) is 5.78 Å². The number of fused-ring (bicyclic) bond motifs is 1. The number of aromatic nitrogens is 2. The van der Waals surface area contributed by atoms with E-state index in [1.54, 1.807) is 0 Å². The van der Waals surface area contributed by atoms with Crippen LogP contribution in [0.15, 0.2) is 12.1 Å². The molecule has 1 saturated heterocycles. The topological polar surface area (TPSA) is 58.2 Å². The second kappa shape index (κ2) is 7.54. The van der Waals surface area contributed by atoms with Crippen molar-refractivity contribution in [2.24, 2.45) is 5.92 Å². The summed E-state index contributed by atoms with van der Waals surface area (Å²) in [7, 11) is 2.21. The van der Waals surface area contributed by atoms with Gasteiger partial charge in [0.1, 0.15) is 13.6 Å². The van der Waals surface area contributed by atoms with E-state index in [2.05, 4.69) is 34.4 Å². The first kappa shape index (κ1) is 19.7. The van der Waals surface area contributed by atoms with Crippen molar-refractivity contribution in [3.8, 4) is 5.75 Å². The molecular weight excluding hydrogens is 358 g/mol. The van der Waals surface area contributed by atoms with Gasteiger partial charge < -0.3 is 9.72 Å². The number of nitrogens with zero attached hydrogens (tertiary/aromatic N) is 2. The van der Waals surface area contributed by atoms with Gasteiger partial charge in [0.05, 0.1) is 17.6 Å². The number of nitrogens with one attached hydrogen (secondary N) is 1. The van der Waals surface area contributed by atoms with Crippen molar-refractivity contribution in [2.45, 2.75) is 38.9 Å². The fourth-order valence-corrected chi connectivity index (χ4v) is 3.82. The van der Waals surface area contributed by atoms with Crippen molar-refractivity contribution in [1.29, 1.82) is 0 Å². The molecule has 27 heavy (non-hydrogen) atoms. The average Bonchev–Trinajstić information content (AvgIpc) is 2.97. The smallest absolute Gasteiger partial charge is 0.405 e. The molecule has 0 aliphatic carbocycles. The van der Waals surface area contributed by atoms with E-state index in [0.29, 0.717) is 22.8 Å². The van der Waals surface area contributed by atoms with E-state index >= 15 is 0 Å². The molecule has 0 amide bonds. The normalized spacial score (nSPS) is 21.5. The van der Waals surface area contributed by atoms with Crippen molar-refractivity contribution in [3.05, 3.63) is 23.5 Å². The molecule has 1 unspecified atom stereocenters. The van der Waals surface area contributed by atoms with Crippen LogP contribution in [0, 0.1) is 12.8 Å². The molecule has 1 aromatic carbocycles. The van der Waals surface area contributed by atoms with Gasteiger partial charge in [0, 0.05) is 6.07 Å². The first-order chi connectivity index (χ1) is 12.7. The Bertz CT molecular complexity index is 837. The number of ketones is 1. The van der Waals surface area contributed by atoms with E-state index in [0.717, 1.165) is 25.9 Å². The summed E-state index contributed by atoms with van der Waals surface area (Å²) < 4.78 is 41.5. The lowest BCUT2D eigenvalue weighted by Crippen LogP contribution is -2.40. The molecule has 1 aromatic heterocycles. The van der Waals surface area contributed by atoms with Gasteiger partial charge in [-0.1, -0.05) is 19.2 Å². The molecule has 0 spiro atoms. The molecule has 146 valence electrons. The van der Waals surface area contributed by atoms with E-state index in [1.807, 2.05) is 0 Å². The highest BCUT2D eigenvalue weighted by Crippen LogP contribution is 2.30. The van der Waals surface area contributed by atoms with E-state index in [1.165, 1.54) is 19.1 Å². The number of hydrogen-bond donors (Lipinski definition) is 1. The summed E-state index contributed by atoms with van der Waals surface area (Å²) in [4.78, 5) is 21.8. The van der Waals surface area contributed by atoms with Gasteiger partial charge in [-0.15, -0.1) is 13.2 Å². The number of carbonyl (C=O) groups is 1. The monoisotopic (exact) mass is 381 g/mol. The van der Waals surface area contributed by atoms with Crippen LogP contribution in [0.3, 0.4) is 0 Å². The minimum Gasteiger partial charge on any atom is -0.405 e. The highest BCUT2D eigenvalue weighted by Gasteiger charge is 2.32. The predicted octanol–water partition coefficient (Wildman–Crippen LogP) is 3.11. The molecular formula is C18H23BF3N3O2. The number of hydrogen-bond acceptors (Lipinski definition) is 4. The first-order valence-corrected chi connectivity index (χ1v) is 9.18. The number of Topliss-reactive ketones (excluding diaryl/α,β-unsaturated/α-hetero) is 1. The van der Waals surface area contributed by atoms with Crippen molar-refractivity contribution in [2.75, 3.05) is 19.6 Å². The summed E-state index contributed by atoms with van der Waals surface area (Å²) in [6.07, 6.45) is -2.55. The molecule has 1 fully saturated rings. The Balaban J connectivity index is 1.74. The van der Waals surface area contributed by atoms with Crippen LogP contribution in [-0.4, -0.2) is 54.5 Å². The van der Waals surface area contributed by atoms with Crippen LogP contribution in [0.25, 0.3) is 11.0 Å². The predicted molar refractivity (Wildman–Crippen MR) is 99.0 cm³/mol. The third-order valence-corrected chi connectivity index (χ3v) is 5.33. The lowest BCUT2D eigenvalue weighted by Gasteiger charge is -2.36. The number of carbonyl (C=O) groups excluding carboxylic acids is 1. The second-order valence-corrected chi connectivity index (χ2v) is 7.36. The Morgan fingerprint density at radius 2 is 2.19 bits per heavy atom. The number of benzene rings is 1. The number of ether oxygens (including phenoxy) is 1. The molecule has 9 heteroatoms. The highest BCUT2D eigenvalue weighted by molar-refractivity contribution is 6.12. The van der Waals surface area contributed by atoms with Crippen molar-refractivity contribution < 1.29 is 22.7 Å². The lowest BCUT2D eigenvalue weighted by molar-refractivity contribution is -0.274. The van der Waals surface area contributed by atoms with Crippen LogP contribution >= 0.6 is 0 Å². The van der Waals surface area contributed by atoms with Gasteiger partial charge in [-0.2, -0.15) is 0 Å². The van der Waals surface area contributed by atoms with E-state index in [-0.39, 0.29) is 29.4 Å². The van der Waals surface area contributed by atoms with Gasteiger partial charge >= 0.3 is 6.36 Å². The maximum atomic E-state index is 12.6. The number of aromatic amines is 1. The quantitative estimate of drug-likeness (QED) is 0.639. The number of piperidine rings is 1. The minimum absolute atomic E-state index is 0.163. The summed E-state index contributed by atoms with van der Waals surface area (Å²) in [5.74, 6) is 0.925. The number of imidazole rings is 1. The zero-order valence-electron chi connectivity index (χ0n) is 15.7. The van der Waals surface area contributed by atoms with E-state index < -0.39 is 6.36 Å². The van der Waals surface area contributed by atoms with E-state index in [9.17, 15) is 18.0 Å². The van der Waals surface area contributed by atoms with E-state index in [4.69, 9.17) is 0 Å². The summed E-state index contributed by atoms with van der Waals surface area (Å²) in [5, 5.41) is 0. The number of H-pyrrole nitrogens is 1. The van der Waals surface area contributed by atoms with Crippen LogP contribution < -0.4 is 4.74 Å². The van der Waals surface area contributed by atoms with Crippen molar-refractivity contribution >= 4 is 24.7 Å². The number of alkyl halides is 3. The Labute approximate surface area is 156 Å². The molecule has 0 saturated carbocycles. The lowest BCUT2D eigenvalue weighted by atomic mass is 9.71. The van der Waals surface area contributed by atoms with Gasteiger partial charge in [0.15, 0.2) is 5.82 Å². The standard InChI is InChI=1S/C18H23BF3N3O2/c1-3-11-4-5-25(8-12(11)19)9-15(26)17-23-13-6-10(2)16(7-14(13)24-17)27-18(20,21)22/h6-7,11-12H,3-5,8-9,19H2,1-2H3,(H,23,24)/t11-,12?/m0/s1. The molecule has 2 heterocycles. The van der Waals surface area contributed by atoms with Crippen LogP contribution in [0.4, 0.5) is 13.2 Å². The third kappa shape index (κ3) is 4.64. The van der Waals surface area contributed by atoms with Crippen molar-refractivity contribution in [1.82, 2.24) is 14.9 Å². The molecule has 3 rings (SSSR count). The van der Waals surface area contributed by atoms with Crippen LogP contribution in [-0.2, 0) is 0 Å². The molecule has 1 N–H and O–H groups in total. The average molecular weight is 381 g/mol. The molecule has 1 aliphatic rings. The Morgan fingerprint density at radius 3 is 2.81 bits per heavy atom. The number of aryl methyl sites for hydroxylation is 1. The molecule has 5 nitrogen and oxygen atoms in total. The van der Waals surface area contributed by atoms with Crippen LogP contribution in [0.5, 0.6) is 5.75 Å². The summed E-state index contributed by atoms with van der Waals surface area (Å²) in [6, 6.07) is 2.72. The number of rotatable bonds is 5. The zero-order valence-corrected chi connectivity index (χ0v) is 15.7. The van der Waals surface area contributed by atoms with Crippen molar-refractivity contribution in [3.63, 3.8) is 0 Å². The SMILES string of the molecule is BC1CN(CC(=O)c2nc3cc(OC(F)(F)F)c(C)cc3[nH]2)CC[C@@H]1CC. The maximum absolute atomic E-state index is 12.6. The second-order valence-electron chi connectivity index (χ2n) is 7.36. The fourth-order valence-electron chi connectivity index (χ4n) is 3.82. The first-order valence-electron chi connectivity index (χ1n) is 9.18. The van der Waals surface area contributed by atoms with Gasteiger partial charge in [0.25, 0.3) is 0 Å². The maximum Gasteiger partial charge on any atom is 0.573 e. The largest absolute Gasteiger partial charge is 0.573 e.